The molecule has 0 atom stereocenters. The normalized spacial score (nSPS) is 19.6. The maximum atomic E-state index is 13.6. The van der Waals surface area contributed by atoms with Crippen LogP contribution in [0.3, 0.4) is 0 Å². The zero-order valence-electron chi connectivity index (χ0n) is 18.1. The fourth-order valence-corrected chi connectivity index (χ4v) is 6.52. The van der Waals surface area contributed by atoms with Gasteiger partial charge in [-0.2, -0.15) is 4.98 Å². The van der Waals surface area contributed by atoms with Crippen LogP contribution >= 0.6 is 11.8 Å². The quantitative estimate of drug-likeness (QED) is 0.442. The van der Waals surface area contributed by atoms with Gasteiger partial charge in [-0.3, -0.25) is 4.79 Å². The molecule has 0 radical (unpaired) electrons. The molecule has 164 valence electrons. The molecule has 2 aliphatic carbocycles. The van der Waals surface area contributed by atoms with Gasteiger partial charge in [-0.05, 0) is 56.0 Å². The van der Waals surface area contributed by atoms with Gasteiger partial charge in [-0.1, -0.05) is 61.2 Å². The maximum Gasteiger partial charge on any atom is 0.259 e. The van der Waals surface area contributed by atoms with Crippen LogP contribution < -0.4 is 4.90 Å². The van der Waals surface area contributed by atoms with Gasteiger partial charge in [0.05, 0.1) is 11.3 Å². The van der Waals surface area contributed by atoms with Crippen LogP contribution in [0.25, 0.3) is 11.4 Å². The fourth-order valence-electron chi connectivity index (χ4n) is 5.42. The van der Waals surface area contributed by atoms with Gasteiger partial charge in [0, 0.05) is 27.3 Å². The Labute approximate surface area is 192 Å². The van der Waals surface area contributed by atoms with Gasteiger partial charge < -0.3 is 9.42 Å². The minimum absolute atomic E-state index is 0.116. The average molecular weight is 446 g/mol. The highest BCUT2D eigenvalue weighted by Crippen LogP contribution is 2.45. The van der Waals surface area contributed by atoms with Crippen LogP contribution in [-0.2, 0) is 0 Å². The minimum atomic E-state index is 0.116. The van der Waals surface area contributed by atoms with E-state index in [2.05, 4.69) is 22.2 Å². The van der Waals surface area contributed by atoms with Crippen molar-refractivity contribution in [2.75, 3.05) is 4.90 Å². The number of benzene rings is 2. The number of amides is 1. The molecular formula is C26H27N3O2S. The molecule has 2 saturated carbocycles. The van der Waals surface area contributed by atoms with Crippen LogP contribution in [0.2, 0.25) is 0 Å². The van der Waals surface area contributed by atoms with E-state index in [-0.39, 0.29) is 11.9 Å². The van der Waals surface area contributed by atoms with Crippen molar-refractivity contribution in [3.8, 4) is 11.4 Å². The van der Waals surface area contributed by atoms with Gasteiger partial charge in [0.2, 0.25) is 11.7 Å². The van der Waals surface area contributed by atoms with Crippen molar-refractivity contribution in [1.82, 2.24) is 10.1 Å². The number of anilines is 1. The summed E-state index contributed by atoms with van der Waals surface area (Å²) >= 11 is 1.66. The smallest absolute Gasteiger partial charge is 0.259 e. The van der Waals surface area contributed by atoms with Gasteiger partial charge in [-0.25, -0.2) is 0 Å². The lowest BCUT2D eigenvalue weighted by atomic mass is 9.89. The Bertz CT molecular complexity index is 1150. The largest absolute Gasteiger partial charge is 0.339 e. The third-order valence-corrected chi connectivity index (χ3v) is 8.24. The van der Waals surface area contributed by atoms with Crippen LogP contribution in [0, 0.1) is 0 Å². The van der Waals surface area contributed by atoms with Crippen LogP contribution in [0.4, 0.5) is 5.69 Å². The van der Waals surface area contributed by atoms with Gasteiger partial charge in [0.1, 0.15) is 0 Å². The Hall–Kier alpha value is -2.60. The van der Waals surface area contributed by atoms with Crippen molar-refractivity contribution in [3.05, 3.63) is 53.9 Å². The first-order valence-corrected chi connectivity index (χ1v) is 12.7. The molecule has 1 aliphatic heterocycles. The molecular weight excluding hydrogens is 418 g/mol. The van der Waals surface area contributed by atoms with Crippen molar-refractivity contribution in [3.63, 3.8) is 0 Å². The third-order valence-electron chi connectivity index (χ3n) is 7.12. The predicted octanol–water partition coefficient (Wildman–Crippen LogP) is 6.84. The number of hydrogen-bond acceptors (Lipinski definition) is 5. The first-order chi connectivity index (χ1) is 15.8. The van der Waals surface area contributed by atoms with E-state index in [1.54, 1.807) is 11.8 Å². The third kappa shape index (κ3) is 3.54. The number of hydrogen-bond donors (Lipinski definition) is 0. The molecule has 32 heavy (non-hydrogen) atoms. The van der Waals surface area contributed by atoms with Crippen molar-refractivity contribution in [1.29, 1.82) is 0 Å². The maximum absolute atomic E-state index is 13.6. The van der Waals surface area contributed by atoms with Crippen LogP contribution in [0.15, 0.2) is 56.8 Å². The summed E-state index contributed by atoms with van der Waals surface area (Å²) in [6.07, 6.45) is 10.5. The standard InChI is InChI=1S/C26H27N3O2S/c30-26-20-12-6-7-13-22(20)32-23-16-18(14-15-21(23)29(26)19-10-4-5-11-19)24-27-25(31-28-24)17-8-2-1-3-9-17/h6-7,12-17,19H,1-5,8-11H2. The van der Waals surface area contributed by atoms with Crippen LogP contribution in [-0.4, -0.2) is 22.1 Å². The lowest BCUT2D eigenvalue weighted by Crippen LogP contribution is -2.39. The summed E-state index contributed by atoms with van der Waals surface area (Å²) in [5.74, 6) is 1.92. The van der Waals surface area contributed by atoms with E-state index >= 15 is 0 Å². The second-order valence-corrected chi connectivity index (χ2v) is 10.3. The first-order valence-electron chi connectivity index (χ1n) is 11.9. The molecule has 3 aromatic rings. The summed E-state index contributed by atoms with van der Waals surface area (Å²) < 4.78 is 5.67. The number of nitrogens with zero attached hydrogens (tertiary/aromatic N) is 3. The van der Waals surface area contributed by atoms with E-state index in [1.807, 2.05) is 30.3 Å². The fraction of sp³-hybridized carbons (Fsp3) is 0.423. The van der Waals surface area contributed by atoms with Crippen molar-refractivity contribution >= 4 is 23.4 Å². The lowest BCUT2D eigenvalue weighted by Gasteiger charge is -2.29. The van der Waals surface area contributed by atoms with E-state index in [9.17, 15) is 4.79 Å². The van der Waals surface area contributed by atoms with E-state index in [4.69, 9.17) is 9.51 Å². The minimum Gasteiger partial charge on any atom is -0.339 e. The van der Waals surface area contributed by atoms with Crippen LogP contribution in [0.5, 0.6) is 0 Å². The highest BCUT2D eigenvalue weighted by atomic mass is 32.2. The van der Waals surface area contributed by atoms with Crippen LogP contribution in [0.1, 0.15) is 80.0 Å². The second-order valence-electron chi connectivity index (χ2n) is 9.19. The summed E-state index contributed by atoms with van der Waals surface area (Å²) in [7, 11) is 0. The summed E-state index contributed by atoms with van der Waals surface area (Å²) in [6.45, 7) is 0. The predicted molar refractivity (Wildman–Crippen MR) is 125 cm³/mol. The van der Waals surface area contributed by atoms with Gasteiger partial charge in [-0.15, -0.1) is 0 Å². The number of aromatic nitrogens is 2. The molecule has 5 nitrogen and oxygen atoms in total. The molecule has 6 heteroatoms. The molecule has 0 N–H and O–H groups in total. The number of rotatable bonds is 3. The molecule has 3 aliphatic rings. The van der Waals surface area contributed by atoms with E-state index in [1.165, 1.54) is 32.1 Å². The monoisotopic (exact) mass is 445 g/mol. The molecule has 2 aromatic carbocycles. The molecule has 2 fully saturated rings. The SMILES string of the molecule is O=C1c2ccccc2Sc2cc(-c3noc(C4CCCCC4)n3)ccc2N1C1CCCC1. The zero-order chi connectivity index (χ0) is 21.5. The Morgan fingerprint density at radius 1 is 0.906 bits per heavy atom. The van der Waals surface area contributed by atoms with Crippen molar-refractivity contribution in [2.24, 2.45) is 0 Å². The highest BCUT2D eigenvalue weighted by molar-refractivity contribution is 7.99. The van der Waals surface area contributed by atoms with Crippen molar-refractivity contribution < 1.29 is 9.32 Å². The van der Waals surface area contributed by atoms with E-state index in [0.29, 0.717) is 11.7 Å². The Morgan fingerprint density at radius 2 is 1.69 bits per heavy atom. The highest BCUT2D eigenvalue weighted by Gasteiger charge is 2.34. The number of carbonyl (C=O) groups is 1. The summed E-state index contributed by atoms with van der Waals surface area (Å²) in [5, 5.41) is 4.31. The zero-order valence-corrected chi connectivity index (χ0v) is 18.9. The molecule has 1 amide bonds. The van der Waals surface area contributed by atoms with Crippen molar-refractivity contribution in [2.45, 2.75) is 79.5 Å². The molecule has 0 spiro atoms. The Balaban J connectivity index is 1.40. The average Bonchev–Trinajstić information content (AvgIpc) is 3.52. The molecule has 0 saturated heterocycles. The van der Waals surface area contributed by atoms with E-state index < -0.39 is 0 Å². The number of carbonyl (C=O) groups excluding carboxylic acids is 1. The van der Waals surface area contributed by atoms with Gasteiger partial charge in [0.15, 0.2) is 0 Å². The molecule has 1 aromatic heterocycles. The summed E-state index contributed by atoms with van der Waals surface area (Å²) in [6, 6.07) is 14.5. The summed E-state index contributed by atoms with van der Waals surface area (Å²) in [5.41, 5.74) is 2.74. The molecule has 6 rings (SSSR count). The molecule has 0 bridgehead atoms. The Morgan fingerprint density at radius 3 is 2.53 bits per heavy atom. The topological polar surface area (TPSA) is 59.2 Å². The van der Waals surface area contributed by atoms with Gasteiger partial charge in [0.25, 0.3) is 5.91 Å². The lowest BCUT2D eigenvalue weighted by molar-refractivity contribution is 0.0974. The first kappa shape index (κ1) is 20.0. The second kappa shape index (κ2) is 8.39. The molecule has 2 heterocycles. The Kier molecular flexibility index (Phi) is 5.26. The summed E-state index contributed by atoms with van der Waals surface area (Å²) in [4.78, 5) is 22.5. The number of fused-ring (bicyclic) bond motifs is 2. The van der Waals surface area contributed by atoms with Gasteiger partial charge >= 0.3 is 0 Å². The van der Waals surface area contributed by atoms with E-state index in [0.717, 1.165) is 58.2 Å². The molecule has 0 unspecified atom stereocenters.